The Morgan fingerprint density at radius 3 is 2.44 bits per heavy atom. The van der Waals surface area contributed by atoms with E-state index in [1.54, 1.807) is 18.2 Å². The van der Waals surface area contributed by atoms with Crippen LogP contribution in [0.15, 0.2) is 60.3 Å². The molecule has 4 amide bonds. The number of nitrogens with one attached hydrogen (secondary N) is 1. The van der Waals surface area contributed by atoms with E-state index in [4.69, 9.17) is 16.3 Å². The summed E-state index contributed by atoms with van der Waals surface area (Å²) in [5.74, 6) is -0.672. The molecule has 34 heavy (non-hydrogen) atoms. The van der Waals surface area contributed by atoms with Crippen LogP contribution >= 0.6 is 11.6 Å². The van der Waals surface area contributed by atoms with Gasteiger partial charge in [-0.05, 0) is 79.9 Å². The molecule has 0 spiro atoms. The molecule has 1 N–H and O–H groups in total. The molecule has 3 aromatic rings. The Labute approximate surface area is 202 Å². The van der Waals surface area contributed by atoms with Crippen molar-refractivity contribution in [1.82, 2.24) is 9.88 Å². The number of hydrogen-bond acceptors (Lipinski definition) is 4. The Kier molecular flexibility index (Phi) is 6.56. The first-order chi connectivity index (χ1) is 16.2. The third-order valence-corrected chi connectivity index (χ3v) is 5.88. The van der Waals surface area contributed by atoms with E-state index in [9.17, 15) is 14.4 Å². The van der Waals surface area contributed by atoms with Crippen LogP contribution < -0.4 is 15.0 Å². The van der Waals surface area contributed by atoms with Gasteiger partial charge in [0, 0.05) is 16.9 Å². The average molecular weight is 478 g/mol. The third-order valence-electron chi connectivity index (χ3n) is 5.47. The van der Waals surface area contributed by atoms with Crippen LogP contribution in [0, 0.1) is 20.8 Å². The van der Waals surface area contributed by atoms with E-state index in [2.05, 4.69) is 11.4 Å². The number of ether oxygens (including phenoxy) is 1. The largest absolute Gasteiger partial charge is 0.492 e. The summed E-state index contributed by atoms with van der Waals surface area (Å²) < 4.78 is 7.76. The van der Waals surface area contributed by atoms with Crippen molar-refractivity contribution in [3.05, 3.63) is 87.7 Å². The number of benzene rings is 2. The van der Waals surface area contributed by atoms with Crippen LogP contribution in [0.25, 0.3) is 6.08 Å². The Balaban J connectivity index is 1.54. The van der Waals surface area contributed by atoms with Crippen LogP contribution in [0.4, 0.5) is 10.5 Å². The van der Waals surface area contributed by atoms with Gasteiger partial charge in [-0.15, -0.1) is 0 Å². The first-order valence-electron chi connectivity index (χ1n) is 10.8. The minimum atomic E-state index is -0.815. The predicted octanol–water partition coefficient (Wildman–Crippen LogP) is 4.81. The molecule has 2 heterocycles. The van der Waals surface area contributed by atoms with Crippen LogP contribution in [0.5, 0.6) is 5.75 Å². The Hall–Kier alpha value is -3.84. The number of carbonyl (C=O) groups excluding carboxylic acids is 3. The number of nitrogens with zero attached hydrogens (tertiary/aromatic N) is 2. The minimum absolute atomic E-state index is 0.147. The number of aromatic nitrogens is 1. The lowest BCUT2D eigenvalue weighted by atomic mass is 10.1. The number of amides is 4. The predicted molar refractivity (Wildman–Crippen MR) is 131 cm³/mol. The fraction of sp³-hybridized carbons (Fsp3) is 0.192. The summed E-state index contributed by atoms with van der Waals surface area (Å²) in [6.45, 7) is 6.75. The highest BCUT2D eigenvalue weighted by Gasteiger charge is 2.37. The molecule has 1 saturated heterocycles. The Bertz CT molecular complexity index is 1310. The Morgan fingerprint density at radius 1 is 1.00 bits per heavy atom. The normalized spacial score (nSPS) is 15.1. The van der Waals surface area contributed by atoms with Crippen molar-refractivity contribution >= 4 is 41.2 Å². The standard InChI is InChI=1S/C26H24ClN3O4/c1-16-11-17(2)13-21(12-16)34-10-9-29-8-4-5-19(29)14-22-24(31)28-26(33)30(25(22)32)20-7-6-18(3)23(27)15-20/h4-8,11-15H,9-10H2,1-3H3,(H,28,31,33). The van der Waals surface area contributed by atoms with Gasteiger partial charge >= 0.3 is 6.03 Å². The topological polar surface area (TPSA) is 80.6 Å². The van der Waals surface area contributed by atoms with E-state index >= 15 is 0 Å². The number of urea groups is 1. The summed E-state index contributed by atoms with van der Waals surface area (Å²) >= 11 is 6.17. The van der Waals surface area contributed by atoms with Gasteiger partial charge in [0.2, 0.25) is 0 Å². The highest BCUT2D eigenvalue weighted by molar-refractivity contribution is 6.39. The van der Waals surface area contributed by atoms with Crippen molar-refractivity contribution < 1.29 is 19.1 Å². The van der Waals surface area contributed by atoms with Gasteiger partial charge in [-0.1, -0.05) is 23.7 Å². The number of halogens is 1. The summed E-state index contributed by atoms with van der Waals surface area (Å²) in [4.78, 5) is 39.0. The highest BCUT2D eigenvalue weighted by atomic mass is 35.5. The van der Waals surface area contributed by atoms with E-state index in [1.165, 1.54) is 12.1 Å². The molecule has 8 heteroatoms. The number of imide groups is 2. The summed E-state index contributed by atoms with van der Waals surface area (Å²) in [5.41, 5.74) is 3.83. The molecule has 4 rings (SSSR count). The fourth-order valence-corrected chi connectivity index (χ4v) is 3.98. The maximum absolute atomic E-state index is 13.1. The summed E-state index contributed by atoms with van der Waals surface area (Å²) in [6, 6.07) is 13.6. The van der Waals surface area contributed by atoms with Gasteiger partial charge in [0.15, 0.2) is 0 Å². The van der Waals surface area contributed by atoms with Crippen LogP contribution in [0.1, 0.15) is 22.4 Å². The molecule has 0 saturated carbocycles. The van der Waals surface area contributed by atoms with E-state index in [1.807, 2.05) is 49.7 Å². The van der Waals surface area contributed by atoms with Crippen LogP contribution in [0.3, 0.4) is 0 Å². The van der Waals surface area contributed by atoms with Gasteiger partial charge in [0.1, 0.15) is 17.9 Å². The number of barbiturate groups is 1. The molecule has 1 aliphatic heterocycles. The first kappa shape index (κ1) is 23.3. The second-order valence-corrected chi connectivity index (χ2v) is 8.60. The van der Waals surface area contributed by atoms with Crippen molar-refractivity contribution in [2.75, 3.05) is 11.5 Å². The zero-order valence-electron chi connectivity index (χ0n) is 19.1. The van der Waals surface area contributed by atoms with Gasteiger partial charge in [-0.25, -0.2) is 9.69 Å². The lowest BCUT2D eigenvalue weighted by Gasteiger charge is -2.26. The lowest BCUT2D eigenvalue weighted by molar-refractivity contribution is -0.122. The SMILES string of the molecule is Cc1cc(C)cc(OCCn2cccc2C=C2C(=O)NC(=O)N(c3ccc(C)c(Cl)c3)C2=O)c1. The van der Waals surface area contributed by atoms with Crippen molar-refractivity contribution in [1.29, 1.82) is 0 Å². The monoisotopic (exact) mass is 477 g/mol. The van der Waals surface area contributed by atoms with Crippen molar-refractivity contribution in [3.63, 3.8) is 0 Å². The molecule has 0 unspecified atom stereocenters. The second kappa shape index (κ2) is 9.57. The zero-order chi connectivity index (χ0) is 24.4. The van der Waals surface area contributed by atoms with Gasteiger partial charge in [-0.2, -0.15) is 0 Å². The third kappa shape index (κ3) is 4.89. The molecule has 0 atom stereocenters. The second-order valence-electron chi connectivity index (χ2n) is 8.19. The fourth-order valence-electron chi connectivity index (χ4n) is 3.80. The van der Waals surface area contributed by atoms with Crippen LogP contribution in [0.2, 0.25) is 5.02 Å². The van der Waals surface area contributed by atoms with E-state index in [-0.39, 0.29) is 11.3 Å². The van der Waals surface area contributed by atoms with Crippen LogP contribution in [-0.2, 0) is 16.1 Å². The molecule has 174 valence electrons. The van der Waals surface area contributed by atoms with Gasteiger partial charge in [0.25, 0.3) is 11.8 Å². The van der Waals surface area contributed by atoms with Crippen LogP contribution in [-0.4, -0.2) is 29.0 Å². The first-order valence-corrected chi connectivity index (χ1v) is 11.1. The number of aryl methyl sites for hydroxylation is 3. The average Bonchev–Trinajstić information content (AvgIpc) is 3.20. The molecule has 0 bridgehead atoms. The number of carbonyl (C=O) groups is 3. The van der Waals surface area contributed by atoms with E-state index < -0.39 is 17.8 Å². The minimum Gasteiger partial charge on any atom is -0.492 e. The molecule has 1 fully saturated rings. The van der Waals surface area contributed by atoms with Crippen molar-refractivity contribution in [2.45, 2.75) is 27.3 Å². The maximum atomic E-state index is 13.1. The molecule has 0 radical (unpaired) electrons. The van der Waals surface area contributed by atoms with E-state index in [0.717, 1.165) is 27.3 Å². The highest BCUT2D eigenvalue weighted by Crippen LogP contribution is 2.27. The smallest absolute Gasteiger partial charge is 0.335 e. The summed E-state index contributed by atoms with van der Waals surface area (Å²) in [6.07, 6.45) is 3.31. The lowest BCUT2D eigenvalue weighted by Crippen LogP contribution is -2.54. The summed E-state index contributed by atoms with van der Waals surface area (Å²) in [7, 11) is 0. The van der Waals surface area contributed by atoms with E-state index in [0.29, 0.717) is 23.9 Å². The Morgan fingerprint density at radius 2 is 1.74 bits per heavy atom. The van der Waals surface area contributed by atoms with Crippen molar-refractivity contribution in [2.24, 2.45) is 0 Å². The van der Waals surface area contributed by atoms with Gasteiger partial charge in [0.05, 0.1) is 12.2 Å². The zero-order valence-corrected chi connectivity index (χ0v) is 19.8. The molecular weight excluding hydrogens is 454 g/mol. The molecule has 1 aliphatic rings. The number of hydrogen-bond donors (Lipinski definition) is 1. The molecule has 0 aliphatic carbocycles. The molecule has 2 aromatic carbocycles. The number of anilines is 1. The molecular formula is C26H24ClN3O4. The van der Waals surface area contributed by atoms with Crippen molar-refractivity contribution in [3.8, 4) is 5.75 Å². The van der Waals surface area contributed by atoms with Gasteiger partial charge < -0.3 is 9.30 Å². The number of rotatable bonds is 6. The maximum Gasteiger partial charge on any atom is 0.335 e. The van der Waals surface area contributed by atoms with Gasteiger partial charge in [-0.3, -0.25) is 14.9 Å². The molecule has 7 nitrogen and oxygen atoms in total. The quantitative estimate of drug-likeness (QED) is 0.408. The molecule has 1 aromatic heterocycles. The summed E-state index contributed by atoms with van der Waals surface area (Å²) in [5, 5.41) is 2.65.